The van der Waals surface area contributed by atoms with Crippen LogP contribution in [0, 0.1) is 0 Å². The van der Waals surface area contributed by atoms with Gasteiger partial charge in [0.05, 0.1) is 18.4 Å². The monoisotopic (exact) mass is 250 g/mol. The quantitative estimate of drug-likeness (QED) is 0.689. The number of ether oxygens (including phenoxy) is 1. The minimum atomic E-state index is -3.01. The Morgan fingerprint density at radius 2 is 2.25 bits per heavy atom. The molecule has 0 aliphatic carbocycles. The van der Waals surface area contributed by atoms with Gasteiger partial charge in [-0.2, -0.15) is 0 Å². The van der Waals surface area contributed by atoms with E-state index in [9.17, 15) is 13.2 Å². The van der Waals surface area contributed by atoms with Crippen LogP contribution in [0.3, 0.4) is 0 Å². The summed E-state index contributed by atoms with van der Waals surface area (Å²) in [7, 11) is -3.01. The first-order chi connectivity index (χ1) is 7.53. The zero-order valence-corrected chi connectivity index (χ0v) is 10.2. The average Bonchev–Trinajstić information content (AvgIpc) is 2.70. The van der Waals surface area contributed by atoms with E-state index < -0.39 is 9.84 Å². The molecule has 1 unspecified atom stereocenters. The number of sulfone groups is 1. The van der Waals surface area contributed by atoms with E-state index in [4.69, 9.17) is 4.74 Å². The molecule has 1 saturated heterocycles. The molecule has 94 valence electrons. The second kappa shape index (κ2) is 6.05. The molecule has 1 aliphatic rings. The van der Waals surface area contributed by atoms with Crippen molar-refractivity contribution < 1.29 is 17.9 Å². The second-order valence-corrected chi connectivity index (χ2v) is 6.17. The zero-order chi connectivity index (χ0) is 12.0. The predicted octanol–water partition coefficient (Wildman–Crippen LogP) is -0.491. The van der Waals surface area contributed by atoms with Crippen molar-refractivity contribution in [3.05, 3.63) is 0 Å². The van der Waals surface area contributed by atoms with Gasteiger partial charge in [0.1, 0.15) is 0 Å². The highest BCUT2D eigenvalue weighted by Gasteiger charge is 2.17. The highest BCUT2D eigenvalue weighted by molar-refractivity contribution is 7.91. The van der Waals surface area contributed by atoms with Crippen molar-refractivity contribution >= 4 is 15.9 Å². The van der Waals surface area contributed by atoms with Crippen LogP contribution < -0.4 is 10.6 Å². The molecular weight excluding hydrogens is 232 g/mol. The van der Waals surface area contributed by atoms with Gasteiger partial charge in [-0.1, -0.05) is 6.92 Å². The molecule has 0 bridgehead atoms. The van der Waals surface area contributed by atoms with Crippen LogP contribution >= 0.6 is 0 Å². The summed E-state index contributed by atoms with van der Waals surface area (Å²) in [5.41, 5.74) is 0. The highest BCUT2D eigenvalue weighted by atomic mass is 32.2. The lowest BCUT2D eigenvalue weighted by Crippen LogP contribution is -2.43. The van der Waals surface area contributed by atoms with E-state index in [1.807, 2.05) is 0 Å². The molecule has 0 spiro atoms. The van der Waals surface area contributed by atoms with Gasteiger partial charge in [-0.05, 0) is 6.42 Å². The molecule has 7 heteroatoms. The van der Waals surface area contributed by atoms with Crippen LogP contribution in [0.1, 0.15) is 13.3 Å². The molecule has 1 rings (SSSR count). The van der Waals surface area contributed by atoms with Gasteiger partial charge in [-0.25, -0.2) is 13.2 Å². The molecule has 1 atom stereocenters. The molecule has 1 fully saturated rings. The standard InChI is InChI=1S/C9H18N2O4S/c1-2-16(13,14)6-4-10-9(12)11-8-3-5-15-7-8/h8H,2-7H2,1H3,(H2,10,11,12). The Morgan fingerprint density at radius 3 is 2.81 bits per heavy atom. The van der Waals surface area contributed by atoms with Crippen molar-refractivity contribution in [2.24, 2.45) is 0 Å². The lowest BCUT2D eigenvalue weighted by molar-refractivity contribution is 0.188. The lowest BCUT2D eigenvalue weighted by Gasteiger charge is -2.11. The van der Waals surface area contributed by atoms with Crippen LogP contribution in [-0.2, 0) is 14.6 Å². The molecule has 0 aromatic carbocycles. The number of rotatable bonds is 5. The summed E-state index contributed by atoms with van der Waals surface area (Å²) in [6, 6.07) is -0.287. The number of amides is 2. The van der Waals surface area contributed by atoms with E-state index in [0.29, 0.717) is 13.2 Å². The number of nitrogens with one attached hydrogen (secondary N) is 2. The molecule has 0 saturated carbocycles. The minimum absolute atomic E-state index is 0.0158. The molecule has 0 radical (unpaired) electrons. The third kappa shape index (κ3) is 4.80. The van der Waals surface area contributed by atoms with Gasteiger partial charge in [-0.3, -0.25) is 0 Å². The van der Waals surface area contributed by atoms with Crippen LogP contribution in [0.5, 0.6) is 0 Å². The summed E-state index contributed by atoms with van der Waals surface area (Å²) >= 11 is 0. The van der Waals surface area contributed by atoms with Crippen molar-refractivity contribution in [1.82, 2.24) is 10.6 Å². The first kappa shape index (κ1) is 13.2. The summed E-state index contributed by atoms with van der Waals surface area (Å²) in [4.78, 5) is 11.3. The maximum absolute atomic E-state index is 11.3. The first-order valence-electron chi connectivity index (χ1n) is 5.36. The average molecular weight is 250 g/mol. The summed E-state index contributed by atoms with van der Waals surface area (Å²) < 4.78 is 27.4. The largest absolute Gasteiger partial charge is 0.379 e. The van der Waals surface area contributed by atoms with E-state index >= 15 is 0 Å². The second-order valence-electron chi connectivity index (χ2n) is 3.70. The topological polar surface area (TPSA) is 84.5 Å². The highest BCUT2D eigenvalue weighted by Crippen LogP contribution is 2.02. The summed E-state index contributed by atoms with van der Waals surface area (Å²) in [6.07, 6.45) is 0.806. The van der Waals surface area contributed by atoms with Gasteiger partial charge in [0.2, 0.25) is 0 Å². The van der Waals surface area contributed by atoms with Crippen molar-refractivity contribution in [3.8, 4) is 0 Å². The van der Waals surface area contributed by atoms with Gasteiger partial charge >= 0.3 is 6.03 Å². The van der Waals surface area contributed by atoms with Crippen LogP contribution in [0.15, 0.2) is 0 Å². The number of hydrogen-bond donors (Lipinski definition) is 2. The molecule has 0 aromatic heterocycles. The summed E-state index contributed by atoms with van der Waals surface area (Å²) in [5, 5.41) is 5.23. The Labute approximate surface area is 95.7 Å². The fourth-order valence-corrected chi connectivity index (χ4v) is 2.05. The molecule has 16 heavy (non-hydrogen) atoms. The molecule has 1 heterocycles. The summed E-state index contributed by atoms with van der Waals surface area (Å²) in [6.45, 7) is 2.93. The Kier molecular flexibility index (Phi) is 5.01. The Bertz CT molecular complexity index is 322. The normalized spacial score (nSPS) is 20.7. The zero-order valence-electron chi connectivity index (χ0n) is 9.36. The SMILES string of the molecule is CCS(=O)(=O)CCNC(=O)NC1CCOC1. The minimum Gasteiger partial charge on any atom is -0.379 e. The fraction of sp³-hybridized carbons (Fsp3) is 0.889. The third-order valence-electron chi connectivity index (χ3n) is 2.40. The van der Waals surface area contributed by atoms with E-state index in [-0.39, 0.29) is 30.1 Å². The Balaban J connectivity index is 2.15. The molecule has 6 nitrogen and oxygen atoms in total. The van der Waals surface area contributed by atoms with Crippen molar-refractivity contribution in [2.75, 3.05) is 31.3 Å². The number of carbonyl (C=O) groups excluding carboxylic acids is 1. The smallest absolute Gasteiger partial charge is 0.315 e. The molecule has 0 aromatic rings. The fourth-order valence-electron chi connectivity index (χ4n) is 1.35. The molecular formula is C9H18N2O4S. The van der Waals surface area contributed by atoms with E-state index in [1.54, 1.807) is 6.92 Å². The van der Waals surface area contributed by atoms with E-state index in [1.165, 1.54) is 0 Å². The van der Waals surface area contributed by atoms with Gasteiger partial charge in [-0.15, -0.1) is 0 Å². The summed E-state index contributed by atoms with van der Waals surface area (Å²) in [5.74, 6) is 0.0881. The van der Waals surface area contributed by atoms with Crippen LogP contribution in [0.25, 0.3) is 0 Å². The first-order valence-corrected chi connectivity index (χ1v) is 7.18. The van der Waals surface area contributed by atoms with E-state index in [2.05, 4.69) is 10.6 Å². The number of urea groups is 1. The van der Waals surface area contributed by atoms with Crippen LogP contribution in [0.4, 0.5) is 4.79 Å². The van der Waals surface area contributed by atoms with Gasteiger partial charge in [0, 0.05) is 18.9 Å². The lowest BCUT2D eigenvalue weighted by atomic mass is 10.3. The van der Waals surface area contributed by atoms with E-state index in [0.717, 1.165) is 6.42 Å². The third-order valence-corrected chi connectivity index (χ3v) is 4.11. The van der Waals surface area contributed by atoms with Gasteiger partial charge < -0.3 is 15.4 Å². The van der Waals surface area contributed by atoms with Crippen LogP contribution in [-0.4, -0.2) is 51.8 Å². The van der Waals surface area contributed by atoms with Crippen molar-refractivity contribution in [2.45, 2.75) is 19.4 Å². The molecule has 1 aliphatic heterocycles. The van der Waals surface area contributed by atoms with Crippen molar-refractivity contribution in [3.63, 3.8) is 0 Å². The van der Waals surface area contributed by atoms with Crippen LogP contribution in [0.2, 0.25) is 0 Å². The number of carbonyl (C=O) groups is 1. The Morgan fingerprint density at radius 1 is 1.50 bits per heavy atom. The Hall–Kier alpha value is -0.820. The molecule has 2 N–H and O–H groups in total. The molecule has 2 amide bonds. The predicted molar refractivity (Wildman–Crippen MR) is 60.1 cm³/mol. The number of hydrogen-bond acceptors (Lipinski definition) is 4. The van der Waals surface area contributed by atoms with Gasteiger partial charge in [0.25, 0.3) is 0 Å². The maximum Gasteiger partial charge on any atom is 0.315 e. The maximum atomic E-state index is 11.3. The van der Waals surface area contributed by atoms with Gasteiger partial charge in [0.15, 0.2) is 9.84 Å². The van der Waals surface area contributed by atoms with Crippen molar-refractivity contribution in [1.29, 1.82) is 0 Å².